The number of phenolic OH excluding ortho intramolecular Hbond substituents is 2. The van der Waals surface area contributed by atoms with Gasteiger partial charge in [-0.15, -0.1) is 0 Å². The lowest BCUT2D eigenvalue weighted by Crippen LogP contribution is -2.12. The Morgan fingerprint density at radius 3 is 2.62 bits per heavy atom. The van der Waals surface area contributed by atoms with E-state index < -0.39 is 5.91 Å². The van der Waals surface area contributed by atoms with Crippen LogP contribution < -0.4 is 5.73 Å². The molecule has 0 atom stereocenters. The van der Waals surface area contributed by atoms with Crippen molar-refractivity contribution in [3.8, 4) is 22.8 Å². The van der Waals surface area contributed by atoms with Crippen molar-refractivity contribution in [1.29, 1.82) is 0 Å². The number of aromatic hydroxyl groups is 2. The van der Waals surface area contributed by atoms with Gasteiger partial charge in [-0.25, -0.2) is 0 Å². The van der Waals surface area contributed by atoms with E-state index in [9.17, 15) is 9.90 Å². The Labute approximate surface area is 89.5 Å². The molecule has 2 rings (SSSR count). The third-order valence-corrected chi connectivity index (χ3v) is 2.03. The Hall–Kier alpha value is -2.57. The fraction of sp³-hybridized carbons (Fsp3) is 0. The van der Waals surface area contributed by atoms with E-state index in [0.717, 1.165) is 0 Å². The van der Waals surface area contributed by atoms with Crippen LogP contribution in [0.15, 0.2) is 18.2 Å². The third-order valence-electron chi connectivity index (χ3n) is 2.03. The zero-order chi connectivity index (χ0) is 11.7. The zero-order valence-electron chi connectivity index (χ0n) is 8.01. The number of aromatic amines is 1. The molecule has 5 N–H and O–H groups in total. The summed E-state index contributed by atoms with van der Waals surface area (Å²) >= 11 is 0. The summed E-state index contributed by atoms with van der Waals surface area (Å²) in [6.07, 6.45) is 0. The zero-order valence-corrected chi connectivity index (χ0v) is 8.01. The summed E-state index contributed by atoms with van der Waals surface area (Å²) in [4.78, 5) is 11.0. The monoisotopic (exact) mass is 220 g/mol. The molecule has 16 heavy (non-hydrogen) atoms. The first-order valence-corrected chi connectivity index (χ1v) is 4.32. The maximum absolute atomic E-state index is 11.0. The normalized spacial score (nSPS) is 10.2. The predicted octanol–water partition coefficient (Wildman–Crippen LogP) is -0.0182. The van der Waals surface area contributed by atoms with E-state index in [-0.39, 0.29) is 22.9 Å². The highest BCUT2D eigenvalue weighted by atomic mass is 16.3. The molecule has 1 aromatic carbocycles. The second-order valence-corrected chi connectivity index (χ2v) is 3.09. The minimum absolute atomic E-state index is 0.0231. The number of nitrogens with two attached hydrogens (primary N) is 1. The summed E-state index contributed by atoms with van der Waals surface area (Å²) in [6, 6.07) is 4.03. The first-order valence-electron chi connectivity index (χ1n) is 4.32. The van der Waals surface area contributed by atoms with Gasteiger partial charge in [-0.1, -0.05) is 0 Å². The molecule has 0 bridgehead atoms. The van der Waals surface area contributed by atoms with Crippen LogP contribution >= 0.6 is 0 Å². The molecule has 0 saturated carbocycles. The van der Waals surface area contributed by atoms with Gasteiger partial charge in [0.25, 0.3) is 5.91 Å². The standard InChI is InChI=1S/C9H8N4O3/c10-9(16)8-7(11-13-12-8)4-1-2-5(14)6(15)3-4/h1-3,14-15H,(H2,10,16)(H,11,12,13). The average molecular weight is 220 g/mol. The molecule has 1 aromatic heterocycles. The van der Waals surface area contributed by atoms with Crippen LogP contribution in [-0.2, 0) is 0 Å². The molecule has 7 nitrogen and oxygen atoms in total. The number of carbonyl (C=O) groups excluding carboxylic acids is 1. The van der Waals surface area contributed by atoms with Gasteiger partial charge in [0.1, 0.15) is 5.69 Å². The number of hydrogen-bond acceptors (Lipinski definition) is 5. The lowest BCUT2D eigenvalue weighted by molar-refractivity contribution is 0.0996. The van der Waals surface area contributed by atoms with Crippen molar-refractivity contribution in [3.63, 3.8) is 0 Å². The van der Waals surface area contributed by atoms with Gasteiger partial charge in [0, 0.05) is 5.56 Å². The number of carbonyl (C=O) groups is 1. The van der Waals surface area contributed by atoms with E-state index in [1.807, 2.05) is 0 Å². The van der Waals surface area contributed by atoms with Crippen molar-refractivity contribution in [2.24, 2.45) is 5.73 Å². The quantitative estimate of drug-likeness (QED) is 0.529. The summed E-state index contributed by atoms with van der Waals surface area (Å²) < 4.78 is 0. The van der Waals surface area contributed by atoms with Crippen molar-refractivity contribution in [1.82, 2.24) is 15.4 Å². The second kappa shape index (κ2) is 3.54. The van der Waals surface area contributed by atoms with Crippen molar-refractivity contribution in [3.05, 3.63) is 23.9 Å². The Morgan fingerprint density at radius 1 is 1.25 bits per heavy atom. The van der Waals surface area contributed by atoms with Crippen molar-refractivity contribution < 1.29 is 15.0 Å². The lowest BCUT2D eigenvalue weighted by Gasteiger charge is -2.00. The Morgan fingerprint density at radius 2 is 2.00 bits per heavy atom. The summed E-state index contributed by atoms with van der Waals surface area (Å²) in [5.74, 6) is -1.29. The molecule has 1 heterocycles. The van der Waals surface area contributed by atoms with Crippen LogP contribution in [0.3, 0.4) is 0 Å². The van der Waals surface area contributed by atoms with E-state index in [2.05, 4.69) is 15.4 Å². The van der Waals surface area contributed by atoms with E-state index in [4.69, 9.17) is 10.8 Å². The van der Waals surface area contributed by atoms with Crippen molar-refractivity contribution >= 4 is 5.91 Å². The molecule has 1 amide bonds. The van der Waals surface area contributed by atoms with Gasteiger partial charge in [0.15, 0.2) is 17.2 Å². The molecule has 0 saturated heterocycles. The number of phenols is 2. The van der Waals surface area contributed by atoms with Gasteiger partial charge in [-0.05, 0) is 18.2 Å². The maximum atomic E-state index is 11.0. The highest BCUT2D eigenvalue weighted by Crippen LogP contribution is 2.30. The second-order valence-electron chi connectivity index (χ2n) is 3.09. The Bertz CT molecular complexity index is 549. The highest BCUT2D eigenvalue weighted by Gasteiger charge is 2.15. The van der Waals surface area contributed by atoms with Crippen LogP contribution in [0.2, 0.25) is 0 Å². The largest absolute Gasteiger partial charge is 0.504 e. The molecule has 2 aromatic rings. The number of rotatable bonds is 2. The van der Waals surface area contributed by atoms with Crippen LogP contribution in [0, 0.1) is 0 Å². The molecule has 0 aliphatic rings. The molecule has 0 fully saturated rings. The first kappa shape index (κ1) is 9.97. The first-order chi connectivity index (χ1) is 7.59. The van der Waals surface area contributed by atoms with Gasteiger partial charge in [0.05, 0.1) is 0 Å². The van der Waals surface area contributed by atoms with Gasteiger partial charge in [-0.2, -0.15) is 15.4 Å². The van der Waals surface area contributed by atoms with Crippen molar-refractivity contribution in [2.45, 2.75) is 0 Å². The fourth-order valence-corrected chi connectivity index (χ4v) is 1.27. The van der Waals surface area contributed by atoms with Crippen LogP contribution in [0.5, 0.6) is 11.5 Å². The molecule has 0 aliphatic carbocycles. The number of nitrogens with one attached hydrogen (secondary N) is 1. The van der Waals surface area contributed by atoms with Crippen LogP contribution in [0.25, 0.3) is 11.3 Å². The minimum atomic E-state index is -0.726. The highest BCUT2D eigenvalue weighted by molar-refractivity contribution is 5.96. The molecule has 0 unspecified atom stereocenters. The van der Waals surface area contributed by atoms with Gasteiger partial charge in [-0.3, -0.25) is 4.79 Å². The Kier molecular flexibility index (Phi) is 2.20. The number of amides is 1. The van der Waals surface area contributed by atoms with E-state index in [1.165, 1.54) is 18.2 Å². The number of hydrogen-bond donors (Lipinski definition) is 4. The van der Waals surface area contributed by atoms with Crippen LogP contribution in [0.1, 0.15) is 10.5 Å². The van der Waals surface area contributed by atoms with Crippen LogP contribution in [0.4, 0.5) is 0 Å². The summed E-state index contributed by atoms with van der Waals surface area (Å²) in [5, 5.41) is 28.0. The molecular weight excluding hydrogens is 212 g/mol. The molecule has 0 radical (unpaired) electrons. The number of benzene rings is 1. The molecule has 7 heteroatoms. The van der Waals surface area contributed by atoms with Gasteiger partial charge < -0.3 is 15.9 Å². The number of primary amides is 1. The topological polar surface area (TPSA) is 125 Å². The maximum Gasteiger partial charge on any atom is 0.271 e. The third kappa shape index (κ3) is 1.54. The molecule has 82 valence electrons. The van der Waals surface area contributed by atoms with E-state index in [1.54, 1.807) is 0 Å². The van der Waals surface area contributed by atoms with Crippen molar-refractivity contribution in [2.75, 3.05) is 0 Å². The SMILES string of the molecule is NC(=O)c1n[nH]nc1-c1ccc(O)c(O)c1. The lowest BCUT2D eigenvalue weighted by atomic mass is 10.1. The Balaban J connectivity index is 2.54. The predicted molar refractivity (Wildman–Crippen MR) is 53.7 cm³/mol. The summed E-state index contributed by atoms with van der Waals surface area (Å²) in [6.45, 7) is 0. The van der Waals surface area contributed by atoms with E-state index in [0.29, 0.717) is 5.56 Å². The van der Waals surface area contributed by atoms with Crippen LogP contribution in [-0.4, -0.2) is 31.5 Å². The number of nitrogens with zero attached hydrogens (tertiary/aromatic N) is 2. The van der Waals surface area contributed by atoms with Gasteiger partial charge >= 0.3 is 0 Å². The summed E-state index contributed by atoms with van der Waals surface area (Å²) in [5.41, 5.74) is 5.72. The summed E-state index contributed by atoms with van der Waals surface area (Å²) in [7, 11) is 0. The number of aromatic nitrogens is 3. The molecular formula is C9H8N4O3. The van der Waals surface area contributed by atoms with E-state index >= 15 is 0 Å². The van der Waals surface area contributed by atoms with Gasteiger partial charge in [0.2, 0.25) is 0 Å². The average Bonchev–Trinajstić information content (AvgIpc) is 2.71. The molecule has 0 spiro atoms. The minimum Gasteiger partial charge on any atom is -0.504 e. The smallest absolute Gasteiger partial charge is 0.271 e. The molecule has 0 aliphatic heterocycles. The number of H-pyrrole nitrogens is 1. The fourth-order valence-electron chi connectivity index (χ4n) is 1.27.